The van der Waals surface area contributed by atoms with Crippen molar-refractivity contribution in [2.75, 3.05) is 6.54 Å². The lowest BCUT2D eigenvalue weighted by atomic mass is 10.1. The molecule has 0 spiro atoms. The molecular weight excluding hydrogens is 302 g/mol. The van der Waals surface area contributed by atoms with Crippen LogP contribution in [0.25, 0.3) is 11.4 Å². The zero-order chi connectivity index (χ0) is 13.7. The third-order valence-electron chi connectivity index (χ3n) is 2.89. The Bertz CT molecular complexity index is 538. The molecule has 1 aromatic carbocycles. The van der Waals surface area contributed by atoms with Crippen LogP contribution >= 0.6 is 15.9 Å². The second kappa shape index (κ2) is 6.78. The fourth-order valence-electron chi connectivity index (χ4n) is 1.87. The number of rotatable bonds is 5. The zero-order valence-corrected chi connectivity index (χ0v) is 12.9. The number of nitrogens with one attached hydrogen (secondary N) is 1. The van der Waals surface area contributed by atoms with Crippen molar-refractivity contribution in [2.45, 2.75) is 26.8 Å². The largest absolute Gasteiger partial charge is 0.313 e. The van der Waals surface area contributed by atoms with Gasteiger partial charge in [-0.2, -0.15) is 0 Å². The van der Waals surface area contributed by atoms with Gasteiger partial charge >= 0.3 is 0 Å². The van der Waals surface area contributed by atoms with Crippen LogP contribution in [0.4, 0.5) is 0 Å². The molecule has 0 saturated carbocycles. The summed E-state index contributed by atoms with van der Waals surface area (Å²) < 4.78 is 1.08. The minimum Gasteiger partial charge on any atom is -0.313 e. The molecule has 100 valence electrons. The van der Waals surface area contributed by atoms with Crippen LogP contribution in [-0.2, 0) is 6.54 Å². The van der Waals surface area contributed by atoms with E-state index in [2.05, 4.69) is 51.1 Å². The predicted octanol–water partition coefficient (Wildman–Crippen LogP) is 3.71. The summed E-state index contributed by atoms with van der Waals surface area (Å²) >= 11 is 3.47. The molecule has 0 fully saturated rings. The van der Waals surface area contributed by atoms with Gasteiger partial charge in [-0.3, -0.25) is 0 Å². The van der Waals surface area contributed by atoms with Crippen molar-refractivity contribution >= 4 is 15.9 Å². The van der Waals surface area contributed by atoms with Crippen molar-refractivity contribution in [1.82, 2.24) is 15.3 Å². The van der Waals surface area contributed by atoms with Gasteiger partial charge in [0.15, 0.2) is 5.82 Å². The van der Waals surface area contributed by atoms with Crippen LogP contribution in [0.2, 0.25) is 0 Å². The van der Waals surface area contributed by atoms with Crippen LogP contribution in [0.15, 0.2) is 35.1 Å². The van der Waals surface area contributed by atoms with Crippen LogP contribution < -0.4 is 5.32 Å². The third-order valence-corrected chi connectivity index (χ3v) is 3.38. The fourth-order valence-corrected chi connectivity index (χ4v) is 2.35. The highest BCUT2D eigenvalue weighted by Crippen LogP contribution is 2.23. The SMILES string of the molecule is CCCNCc1cnc(-c2ccc(Br)cc2C)nc1. The molecule has 0 radical (unpaired) electrons. The van der Waals surface area contributed by atoms with E-state index in [9.17, 15) is 0 Å². The molecule has 1 aromatic heterocycles. The van der Waals surface area contributed by atoms with Gasteiger partial charge in [-0.25, -0.2) is 9.97 Å². The molecular formula is C15H18BrN3. The first-order valence-corrected chi connectivity index (χ1v) is 7.28. The van der Waals surface area contributed by atoms with Crippen LogP contribution in [0.5, 0.6) is 0 Å². The lowest BCUT2D eigenvalue weighted by Crippen LogP contribution is -2.14. The van der Waals surface area contributed by atoms with E-state index < -0.39 is 0 Å². The van der Waals surface area contributed by atoms with Crippen molar-refractivity contribution in [3.8, 4) is 11.4 Å². The van der Waals surface area contributed by atoms with Crippen LogP contribution in [0, 0.1) is 6.92 Å². The summed E-state index contributed by atoms with van der Waals surface area (Å²) in [5, 5.41) is 3.34. The van der Waals surface area contributed by atoms with Gasteiger partial charge in [0.25, 0.3) is 0 Å². The first-order chi connectivity index (χ1) is 9.20. The Hall–Kier alpha value is -1.26. The molecule has 19 heavy (non-hydrogen) atoms. The number of benzene rings is 1. The van der Waals surface area contributed by atoms with E-state index in [0.29, 0.717) is 0 Å². The van der Waals surface area contributed by atoms with E-state index in [1.807, 2.05) is 24.5 Å². The van der Waals surface area contributed by atoms with Crippen molar-refractivity contribution in [1.29, 1.82) is 0 Å². The van der Waals surface area contributed by atoms with Gasteiger partial charge < -0.3 is 5.32 Å². The number of hydrogen-bond donors (Lipinski definition) is 1. The zero-order valence-electron chi connectivity index (χ0n) is 11.3. The highest BCUT2D eigenvalue weighted by Gasteiger charge is 2.05. The molecule has 0 bridgehead atoms. The van der Waals surface area contributed by atoms with Gasteiger partial charge in [0, 0.05) is 34.5 Å². The average Bonchev–Trinajstić information content (AvgIpc) is 2.40. The summed E-state index contributed by atoms with van der Waals surface area (Å²) in [4.78, 5) is 8.90. The summed E-state index contributed by atoms with van der Waals surface area (Å²) in [7, 11) is 0. The minimum absolute atomic E-state index is 0.782. The van der Waals surface area contributed by atoms with Gasteiger partial charge in [0.05, 0.1) is 0 Å². The predicted molar refractivity (Wildman–Crippen MR) is 81.9 cm³/mol. The number of halogens is 1. The van der Waals surface area contributed by atoms with Crippen LogP contribution in [0.3, 0.4) is 0 Å². The molecule has 0 aliphatic carbocycles. The number of hydrogen-bond acceptors (Lipinski definition) is 3. The topological polar surface area (TPSA) is 37.8 Å². The van der Waals surface area contributed by atoms with Crippen molar-refractivity contribution in [3.63, 3.8) is 0 Å². The van der Waals surface area contributed by atoms with Gasteiger partial charge in [-0.15, -0.1) is 0 Å². The molecule has 0 aliphatic rings. The van der Waals surface area contributed by atoms with Gasteiger partial charge in [-0.1, -0.05) is 22.9 Å². The summed E-state index contributed by atoms with van der Waals surface area (Å²) in [6, 6.07) is 6.14. The quantitative estimate of drug-likeness (QED) is 0.854. The van der Waals surface area contributed by atoms with Gasteiger partial charge in [-0.05, 0) is 43.7 Å². The molecule has 4 heteroatoms. The molecule has 0 unspecified atom stereocenters. The van der Waals surface area contributed by atoms with E-state index in [1.54, 1.807) is 0 Å². The molecule has 3 nitrogen and oxygen atoms in total. The lowest BCUT2D eigenvalue weighted by molar-refractivity contribution is 0.672. The van der Waals surface area contributed by atoms with E-state index in [0.717, 1.165) is 40.9 Å². The van der Waals surface area contributed by atoms with E-state index in [4.69, 9.17) is 0 Å². The summed E-state index contributed by atoms with van der Waals surface area (Å²) in [6.45, 7) is 6.07. The van der Waals surface area contributed by atoms with Crippen molar-refractivity contribution < 1.29 is 0 Å². The third kappa shape index (κ3) is 3.85. The summed E-state index contributed by atoms with van der Waals surface area (Å²) in [5.41, 5.74) is 3.37. The van der Waals surface area contributed by atoms with E-state index in [-0.39, 0.29) is 0 Å². The molecule has 2 aromatic rings. The summed E-state index contributed by atoms with van der Waals surface area (Å²) in [5.74, 6) is 0.782. The number of nitrogens with zero attached hydrogens (tertiary/aromatic N) is 2. The van der Waals surface area contributed by atoms with E-state index >= 15 is 0 Å². The van der Waals surface area contributed by atoms with Crippen LogP contribution in [-0.4, -0.2) is 16.5 Å². The Balaban J connectivity index is 2.13. The number of aromatic nitrogens is 2. The molecule has 0 amide bonds. The maximum absolute atomic E-state index is 4.45. The van der Waals surface area contributed by atoms with Crippen molar-refractivity contribution in [2.24, 2.45) is 0 Å². The van der Waals surface area contributed by atoms with Crippen molar-refractivity contribution in [3.05, 3.63) is 46.2 Å². The van der Waals surface area contributed by atoms with Crippen LogP contribution in [0.1, 0.15) is 24.5 Å². The second-order valence-electron chi connectivity index (χ2n) is 4.55. The Labute approximate surface area is 122 Å². The Morgan fingerprint density at radius 1 is 1.21 bits per heavy atom. The van der Waals surface area contributed by atoms with E-state index in [1.165, 1.54) is 5.56 Å². The molecule has 2 rings (SSSR count). The Kier molecular flexibility index (Phi) is 5.05. The lowest BCUT2D eigenvalue weighted by Gasteiger charge is -2.06. The minimum atomic E-state index is 0.782. The standard InChI is InChI=1S/C15H18BrN3/c1-3-6-17-8-12-9-18-15(19-10-12)14-5-4-13(16)7-11(14)2/h4-5,7,9-10,17H,3,6,8H2,1-2H3. The molecule has 0 atom stereocenters. The molecule has 0 saturated heterocycles. The fraction of sp³-hybridized carbons (Fsp3) is 0.333. The highest BCUT2D eigenvalue weighted by molar-refractivity contribution is 9.10. The highest BCUT2D eigenvalue weighted by atomic mass is 79.9. The normalized spacial score (nSPS) is 10.7. The second-order valence-corrected chi connectivity index (χ2v) is 5.47. The monoisotopic (exact) mass is 319 g/mol. The Morgan fingerprint density at radius 3 is 2.58 bits per heavy atom. The summed E-state index contributed by atoms with van der Waals surface area (Å²) in [6.07, 6.45) is 4.93. The molecule has 1 heterocycles. The van der Waals surface area contributed by atoms with Gasteiger partial charge in [0.2, 0.25) is 0 Å². The average molecular weight is 320 g/mol. The first-order valence-electron chi connectivity index (χ1n) is 6.49. The number of aryl methyl sites for hydroxylation is 1. The first kappa shape index (κ1) is 14.2. The smallest absolute Gasteiger partial charge is 0.159 e. The maximum atomic E-state index is 4.45. The Morgan fingerprint density at radius 2 is 1.95 bits per heavy atom. The molecule has 1 N–H and O–H groups in total. The van der Waals surface area contributed by atoms with Gasteiger partial charge in [0.1, 0.15) is 0 Å². The maximum Gasteiger partial charge on any atom is 0.159 e. The molecule has 0 aliphatic heterocycles.